The summed E-state index contributed by atoms with van der Waals surface area (Å²) in [4.78, 5) is 4.76. The van der Waals surface area contributed by atoms with Crippen LogP contribution in [-0.2, 0) is 6.42 Å². The van der Waals surface area contributed by atoms with E-state index in [0.717, 1.165) is 17.8 Å². The van der Waals surface area contributed by atoms with Gasteiger partial charge in [0.25, 0.3) is 0 Å². The van der Waals surface area contributed by atoms with Crippen molar-refractivity contribution >= 4 is 34.1 Å². The first kappa shape index (κ1) is 19.4. The first-order chi connectivity index (χ1) is 16.4. The molecule has 0 saturated heterocycles. The molecule has 0 aromatic heterocycles. The fourth-order valence-electron chi connectivity index (χ4n) is 4.69. The molecule has 33 heavy (non-hydrogen) atoms. The van der Waals surface area contributed by atoms with E-state index >= 15 is 0 Å². The van der Waals surface area contributed by atoms with Crippen molar-refractivity contribution < 1.29 is 0 Å². The zero-order valence-electron chi connectivity index (χ0n) is 18.3. The highest BCUT2D eigenvalue weighted by Gasteiger charge is 2.30. The van der Waals surface area contributed by atoms with Gasteiger partial charge in [-0.1, -0.05) is 84.9 Å². The minimum Gasteiger partial charge on any atom is -0.306 e. The van der Waals surface area contributed by atoms with Gasteiger partial charge in [-0.25, -0.2) is 0 Å². The van der Waals surface area contributed by atoms with Crippen LogP contribution in [0.3, 0.4) is 0 Å². The van der Waals surface area contributed by atoms with Crippen LogP contribution < -0.4 is 9.80 Å². The fourth-order valence-corrected chi connectivity index (χ4v) is 4.69. The van der Waals surface area contributed by atoms with E-state index in [0.29, 0.717) is 0 Å². The Kier molecular flexibility index (Phi) is 4.89. The molecule has 5 aromatic rings. The zero-order valence-corrected chi connectivity index (χ0v) is 18.3. The van der Waals surface area contributed by atoms with Crippen molar-refractivity contribution in [1.82, 2.24) is 0 Å². The van der Waals surface area contributed by atoms with E-state index in [9.17, 15) is 0 Å². The third kappa shape index (κ3) is 3.56. The van der Waals surface area contributed by atoms with E-state index in [1.165, 1.54) is 33.9 Å². The Morgan fingerprint density at radius 2 is 0.818 bits per heavy atom. The highest BCUT2D eigenvalue weighted by Crippen LogP contribution is 2.54. The molecular weight excluding hydrogens is 400 g/mol. The average molecular weight is 425 g/mol. The summed E-state index contributed by atoms with van der Waals surface area (Å²) in [6, 6.07) is 47.5. The van der Waals surface area contributed by atoms with Gasteiger partial charge in [0.1, 0.15) is 0 Å². The van der Waals surface area contributed by atoms with Crippen LogP contribution >= 0.6 is 0 Å². The van der Waals surface area contributed by atoms with Crippen molar-refractivity contribution in [2.24, 2.45) is 0 Å². The molecule has 0 aliphatic carbocycles. The van der Waals surface area contributed by atoms with Crippen molar-refractivity contribution in [2.75, 3.05) is 9.80 Å². The van der Waals surface area contributed by atoms with Gasteiger partial charge >= 0.3 is 0 Å². The van der Waals surface area contributed by atoms with Gasteiger partial charge in [-0.15, -0.1) is 0 Å². The molecule has 0 fully saturated rings. The molecule has 158 valence electrons. The lowest BCUT2D eigenvalue weighted by atomic mass is 9.99. The summed E-state index contributed by atoms with van der Waals surface area (Å²) in [5, 5.41) is 0. The third-order valence-corrected chi connectivity index (χ3v) is 6.17. The minimum atomic E-state index is 0.906. The molecule has 0 unspecified atom stereocenters. The molecule has 6 rings (SSSR count). The maximum atomic E-state index is 2.39. The second-order valence-corrected chi connectivity index (χ2v) is 8.32. The van der Waals surface area contributed by atoms with Gasteiger partial charge in [0.15, 0.2) is 0 Å². The van der Waals surface area contributed by atoms with Crippen LogP contribution in [0.5, 0.6) is 0 Å². The monoisotopic (exact) mass is 424 g/mol. The summed E-state index contributed by atoms with van der Waals surface area (Å²) in [6.07, 6.45) is 0.906. The van der Waals surface area contributed by atoms with Crippen LogP contribution in [-0.4, -0.2) is 0 Å². The molecule has 1 heterocycles. The average Bonchev–Trinajstić information content (AvgIpc) is 2.89. The number of fused-ring (bicyclic) bond motifs is 2. The van der Waals surface area contributed by atoms with Gasteiger partial charge in [0, 0.05) is 11.4 Å². The largest absolute Gasteiger partial charge is 0.306 e. The SMILES string of the molecule is c1ccc(Cc2ccc3c(c2)N(c2ccccc2)c2ccccc2N3c2ccccc2)cc1. The Bertz CT molecular complexity index is 1380. The summed E-state index contributed by atoms with van der Waals surface area (Å²) >= 11 is 0. The number of benzene rings is 5. The normalized spacial score (nSPS) is 12.2. The van der Waals surface area contributed by atoms with Crippen LogP contribution in [0.25, 0.3) is 0 Å². The summed E-state index contributed by atoms with van der Waals surface area (Å²) in [5.41, 5.74) is 9.67. The number of nitrogens with zero attached hydrogens (tertiary/aromatic N) is 2. The van der Waals surface area contributed by atoms with Gasteiger partial charge in [0.2, 0.25) is 0 Å². The highest BCUT2D eigenvalue weighted by atomic mass is 15.3. The second kappa shape index (κ2) is 8.33. The van der Waals surface area contributed by atoms with Crippen LogP contribution in [0, 0.1) is 0 Å². The van der Waals surface area contributed by atoms with Gasteiger partial charge in [-0.2, -0.15) is 0 Å². The van der Waals surface area contributed by atoms with Crippen molar-refractivity contribution in [3.05, 3.63) is 145 Å². The van der Waals surface area contributed by atoms with Crippen molar-refractivity contribution in [3.63, 3.8) is 0 Å². The lowest BCUT2D eigenvalue weighted by Gasteiger charge is -2.40. The topological polar surface area (TPSA) is 6.48 Å². The predicted octanol–water partition coefficient (Wildman–Crippen LogP) is 8.53. The van der Waals surface area contributed by atoms with E-state index in [4.69, 9.17) is 0 Å². The Hall–Kier alpha value is -4.30. The summed E-state index contributed by atoms with van der Waals surface area (Å²) in [5.74, 6) is 0. The molecule has 0 N–H and O–H groups in total. The Morgan fingerprint density at radius 3 is 1.39 bits per heavy atom. The number of hydrogen-bond donors (Lipinski definition) is 0. The molecule has 5 aromatic carbocycles. The Balaban J connectivity index is 1.57. The number of para-hydroxylation sites is 4. The Labute approximate surface area is 195 Å². The van der Waals surface area contributed by atoms with Crippen LogP contribution in [0.4, 0.5) is 34.1 Å². The quantitative estimate of drug-likeness (QED) is 0.280. The lowest BCUT2D eigenvalue weighted by Crippen LogP contribution is -2.24. The summed E-state index contributed by atoms with van der Waals surface area (Å²) in [7, 11) is 0. The van der Waals surface area contributed by atoms with E-state index < -0.39 is 0 Å². The zero-order chi connectivity index (χ0) is 22.0. The van der Waals surface area contributed by atoms with Gasteiger partial charge in [0.05, 0.1) is 22.7 Å². The minimum absolute atomic E-state index is 0.906. The number of hydrogen-bond acceptors (Lipinski definition) is 2. The molecule has 1 aliphatic heterocycles. The standard InChI is InChI=1S/C31H24N2/c1-4-12-24(13-5-1)22-25-20-21-30-31(23-25)33(27-16-8-3-9-17-27)29-19-11-10-18-28(29)32(30)26-14-6-2-7-15-26/h1-21,23H,22H2. The molecule has 0 bridgehead atoms. The van der Waals surface area contributed by atoms with Crippen molar-refractivity contribution in [1.29, 1.82) is 0 Å². The first-order valence-corrected chi connectivity index (χ1v) is 11.3. The maximum Gasteiger partial charge on any atom is 0.0706 e. The molecule has 2 nitrogen and oxygen atoms in total. The molecular formula is C31H24N2. The van der Waals surface area contributed by atoms with Crippen LogP contribution in [0.1, 0.15) is 11.1 Å². The molecule has 0 atom stereocenters. The van der Waals surface area contributed by atoms with Crippen molar-refractivity contribution in [2.45, 2.75) is 6.42 Å². The number of rotatable bonds is 4. The predicted molar refractivity (Wildman–Crippen MR) is 139 cm³/mol. The van der Waals surface area contributed by atoms with Crippen LogP contribution in [0.2, 0.25) is 0 Å². The lowest BCUT2D eigenvalue weighted by molar-refractivity contribution is 1.14. The first-order valence-electron chi connectivity index (χ1n) is 11.3. The van der Waals surface area contributed by atoms with E-state index in [1.807, 2.05) is 0 Å². The Morgan fingerprint density at radius 1 is 0.364 bits per heavy atom. The summed E-state index contributed by atoms with van der Waals surface area (Å²) < 4.78 is 0. The second-order valence-electron chi connectivity index (χ2n) is 8.32. The fraction of sp³-hybridized carbons (Fsp3) is 0.0323. The molecule has 2 heteroatoms. The molecule has 0 amide bonds. The smallest absolute Gasteiger partial charge is 0.0706 e. The van der Waals surface area contributed by atoms with E-state index in [2.05, 4.69) is 143 Å². The van der Waals surface area contributed by atoms with E-state index in [1.54, 1.807) is 0 Å². The third-order valence-electron chi connectivity index (χ3n) is 6.17. The number of anilines is 6. The van der Waals surface area contributed by atoms with Crippen LogP contribution in [0.15, 0.2) is 133 Å². The van der Waals surface area contributed by atoms with Crippen molar-refractivity contribution in [3.8, 4) is 0 Å². The molecule has 0 spiro atoms. The van der Waals surface area contributed by atoms with Gasteiger partial charge < -0.3 is 9.80 Å². The molecule has 0 saturated carbocycles. The highest BCUT2D eigenvalue weighted by molar-refractivity contribution is 6.01. The molecule has 1 aliphatic rings. The van der Waals surface area contributed by atoms with Gasteiger partial charge in [-0.05, 0) is 66.1 Å². The molecule has 0 radical (unpaired) electrons. The van der Waals surface area contributed by atoms with Gasteiger partial charge in [-0.3, -0.25) is 0 Å². The van der Waals surface area contributed by atoms with E-state index in [-0.39, 0.29) is 0 Å². The summed E-state index contributed by atoms with van der Waals surface area (Å²) in [6.45, 7) is 0. The maximum absolute atomic E-state index is 2.39.